The van der Waals surface area contributed by atoms with E-state index in [0.29, 0.717) is 0 Å². The summed E-state index contributed by atoms with van der Waals surface area (Å²) < 4.78 is 21.5. The summed E-state index contributed by atoms with van der Waals surface area (Å²) >= 11 is 0. The number of carbonyl (C=O) groups excluding carboxylic acids is 2. The minimum Gasteiger partial charge on any atom is -0.460 e. The van der Waals surface area contributed by atoms with Crippen LogP contribution in [0.25, 0.3) is 53.9 Å². The molecule has 3 atom stereocenters. The molecule has 8 nitrogen and oxygen atoms in total. The van der Waals surface area contributed by atoms with Gasteiger partial charge in [-0.1, -0.05) is 86.0 Å². The summed E-state index contributed by atoms with van der Waals surface area (Å²) in [6.07, 6.45) is -0.638. The molecule has 0 spiro atoms. The number of hydrogen-bond acceptors (Lipinski definition) is 8. The highest BCUT2D eigenvalue weighted by atomic mass is 16.6. The average molecular weight is 645 g/mol. The molecule has 0 aliphatic heterocycles. The third-order valence-corrected chi connectivity index (χ3v) is 8.55. The molecule has 0 saturated heterocycles. The highest BCUT2D eigenvalue weighted by Crippen LogP contribution is 2.44. The van der Waals surface area contributed by atoms with E-state index in [0.717, 1.165) is 77.1 Å². The van der Waals surface area contributed by atoms with Crippen molar-refractivity contribution < 1.29 is 38.7 Å². The Kier molecular flexibility index (Phi) is 9.80. The van der Waals surface area contributed by atoms with E-state index in [4.69, 9.17) is 18.9 Å². The van der Waals surface area contributed by atoms with Gasteiger partial charge in [-0.25, -0.2) is 9.59 Å². The second-order valence-electron chi connectivity index (χ2n) is 11.6. The van der Waals surface area contributed by atoms with E-state index >= 15 is 0 Å². The van der Waals surface area contributed by atoms with E-state index in [9.17, 15) is 19.8 Å². The van der Waals surface area contributed by atoms with Crippen LogP contribution >= 0.6 is 0 Å². The van der Waals surface area contributed by atoms with E-state index in [2.05, 4.69) is 61.7 Å². The number of esters is 2. The number of hydrogen-bond donors (Lipinski definition) is 2. The Morgan fingerprint density at radius 1 is 0.667 bits per heavy atom. The molecule has 0 bridgehead atoms. The number of aliphatic hydroxyl groups excluding tert-OH is 2. The normalized spacial score (nSPS) is 13.5. The molecule has 0 amide bonds. The number of fused-ring (bicyclic) bond motifs is 11. The van der Waals surface area contributed by atoms with Crippen molar-refractivity contribution in [2.75, 3.05) is 26.9 Å². The molecule has 48 heavy (non-hydrogen) atoms. The van der Waals surface area contributed by atoms with E-state index in [1.807, 2.05) is 36.4 Å². The van der Waals surface area contributed by atoms with Crippen LogP contribution in [0.2, 0.25) is 0 Å². The number of ether oxygens (including phenoxy) is 4. The summed E-state index contributed by atoms with van der Waals surface area (Å²) in [5.41, 5.74) is 1.70. The molecule has 0 saturated carbocycles. The first-order chi connectivity index (χ1) is 23.3. The van der Waals surface area contributed by atoms with Crippen molar-refractivity contribution in [1.29, 1.82) is 0 Å². The Labute approximate surface area is 277 Å². The van der Waals surface area contributed by atoms with Gasteiger partial charge in [-0.2, -0.15) is 0 Å². The van der Waals surface area contributed by atoms with Crippen LogP contribution in [-0.2, 0) is 35.1 Å². The molecule has 0 aromatic heterocycles. The first-order valence-corrected chi connectivity index (χ1v) is 15.6. The maximum Gasteiger partial charge on any atom is 0.330 e. The quantitative estimate of drug-likeness (QED) is 0.0799. The third kappa shape index (κ3) is 6.39. The molecule has 0 heterocycles. The summed E-state index contributed by atoms with van der Waals surface area (Å²) in [5.74, 6) is -1.20. The number of rotatable bonds is 13. The Morgan fingerprint density at radius 2 is 1.19 bits per heavy atom. The van der Waals surface area contributed by atoms with Gasteiger partial charge in [0.15, 0.2) is 0 Å². The van der Waals surface area contributed by atoms with Gasteiger partial charge >= 0.3 is 11.9 Å². The third-order valence-electron chi connectivity index (χ3n) is 8.55. The summed E-state index contributed by atoms with van der Waals surface area (Å²) in [7, 11) is 1.52. The standard InChI is InChI=1S/C40H36O8/c1-4-36(43)47-22-26(41)21-46-20-24-14-16-31-33(18-24)27-10-6-8-12-29(27)39-32-17-15-25(40(45-3)35(42)23-48-37(44)5-2)19-34(32)28-11-7-9-13-30(28)38(31)39/h4-19,26,35,40-42H,1-2,20-23H2,3H3. The Balaban J connectivity index is 1.46. The van der Waals surface area contributed by atoms with E-state index in [1.54, 1.807) is 0 Å². The maximum absolute atomic E-state index is 11.6. The van der Waals surface area contributed by atoms with Crippen molar-refractivity contribution in [3.63, 3.8) is 0 Å². The van der Waals surface area contributed by atoms with Gasteiger partial charge in [0.1, 0.15) is 31.5 Å². The van der Waals surface area contributed by atoms with Crippen LogP contribution < -0.4 is 0 Å². The molecule has 0 aliphatic rings. The lowest BCUT2D eigenvalue weighted by molar-refractivity contribution is -0.144. The number of benzene rings is 6. The van der Waals surface area contributed by atoms with Gasteiger partial charge in [0.05, 0.1) is 13.2 Å². The predicted octanol–water partition coefficient (Wildman–Crippen LogP) is 6.84. The van der Waals surface area contributed by atoms with Crippen molar-refractivity contribution in [3.05, 3.63) is 121 Å². The first-order valence-electron chi connectivity index (χ1n) is 15.6. The molecule has 0 aliphatic carbocycles. The van der Waals surface area contributed by atoms with Crippen molar-refractivity contribution >= 4 is 65.8 Å². The molecule has 244 valence electrons. The predicted molar refractivity (Wildman–Crippen MR) is 188 cm³/mol. The van der Waals surface area contributed by atoms with E-state index < -0.39 is 30.3 Å². The highest BCUT2D eigenvalue weighted by Gasteiger charge is 2.24. The second kappa shape index (κ2) is 14.3. The first kappa shape index (κ1) is 32.8. The van der Waals surface area contributed by atoms with Gasteiger partial charge in [-0.15, -0.1) is 0 Å². The van der Waals surface area contributed by atoms with Crippen molar-refractivity contribution in [3.8, 4) is 0 Å². The van der Waals surface area contributed by atoms with E-state index in [-0.39, 0.29) is 26.4 Å². The van der Waals surface area contributed by atoms with Gasteiger partial charge in [0.25, 0.3) is 0 Å². The van der Waals surface area contributed by atoms with Crippen molar-refractivity contribution in [1.82, 2.24) is 0 Å². The highest BCUT2D eigenvalue weighted by molar-refractivity contribution is 6.39. The number of aliphatic hydroxyl groups is 2. The van der Waals surface area contributed by atoms with Crippen LogP contribution in [0, 0.1) is 0 Å². The molecule has 6 aromatic carbocycles. The summed E-state index contributed by atoms with van der Waals surface area (Å²) in [5, 5.41) is 31.9. The van der Waals surface area contributed by atoms with Crippen LogP contribution in [0.4, 0.5) is 0 Å². The topological polar surface area (TPSA) is 112 Å². The number of methoxy groups -OCH3 is 1. The van der Waals surface area contributed by atoms with Crippen LogP contribution in [0.5, 0.6) is 0 Å². The SMILES string of the molecule is C=CC(=O)OCC(O)COCc1ccc2c(c1)c1ccccc1c1c3ccc(C(OC)C(O)COC(=O)C=C)cc3c3ccccc3c21. The van der Waals surface area contributed by atoms with E-state index in [1.165, 1.54) is 7.11 Å². The zero-order valence-electron chi connectivity index (χ0n) is 26.6. The fraction of sp³-hybridized carbons (Fsp3) is 0.200. The molecule has 6 aromatic rings. The van der Waals surface area contributed by atoms with Gasteiger partial charge in [0.2, 0.25) is 0 Å². The molecule has 0 radical (unpaired) electrons. The second-order valence-corrected chi connectivity index (χ2v) is 11.6. The molecular formula is C40H36O8. The minimum atomic E-state index is -1.08. The van der Waals surface area contributed by atoms with Crippen LogP contribution in [0.3, 0.4) is 0 Å². The monoisotopic (exact) mass is 644 g/mol. The molecule has 3 unspecified atom stereocenters. The molecule has 0 fully saturated rings. The van der Waals surface area contributed by atoms with Gasteiger partial charge in [-0.05, 0) is 77.1 Å². The summed E-state index contributed by atoms with van der Waals surface area (Å²) in [4.78, 5) is 22.9. The van der Waals surface area contributed by atoms with Crippen molar-refractivity contribution in [2.45, 2.75) is 24.9 Å². The van der Waals surface area contributed by atoms with Gasteiger partial charge < -0.3 is 29.2 Å². The Bertz CT molecular complexity index is 2190. The molecular weight excluding hydrogens is 608 g/mol. The summed E-state index contributed by atoms with van der Waals surface area (Å²) in [6, 6.07) is 29.0. The maximum atomic E-state index is 11.6. The smallest absolute Gasteiger partial charge is 0.330 e. The largest absolute Gasteiger partial charge is 0.460 e. The average Bonchev–Trinajstić information content (AvgIpc) is 3.12. The lowest BCUT2D eigenvalue weighted by Crippen LogP contribution is -2.26. The minimum absolute atomic E-state index is 0.0144. The van der Waals surface area contributed by atoms with Gasteiger partial charge in [-0.3, -0.25) is 0 Å². The fourth-order valence-electron chi connectivity index (χ4n) is 6.43. The van der Waals surface area contributed by atoms with Crippen LogP contribution in [-0.4, -0.2) is 61.3 Å². The zero-order valence-corrected chi connectivity index (χ0v) is 26.6. The Hall–Kier alpha value is -5.12. The lowest BCUT2D eigenvalue weighted by atomic mass is 9.86. The number of carbonyl (C=O) groups is 2. The molecule has 8 heteroatoms. The Morgan fingerprint density at radius 3 is 1.77 bits per heavy atom. The van der Waals surface area contributed by atoms with Crippen molar-refractivity contribution in [2.24, 2.45) is 0 Å². The zero-order chi connectivity index (χ0) is 33.8. The fourth-order valence-corrected chi connectivity index (χ4v) is 6.43. The van der Waals surface area contributed by atoms with Gasteiger partial charge in [0, 0.05) is 19.3 Å². The summed E-state index contributed by atoms with van der Waals surface area (Å²) in [6.45, 7) is 6.65. The molecule has 2 N–H and O–H groups in total. The van der Waals surface area contributed by atoms with Crippen LogP contribution in [0.15, 0.2) is 110 Å². The molecule has 6 rings (SSSR count). The lowest BCUT2D eigenvalue weighted by Gasteiger charge is -2.23. The van der Waals surface area contributed by atoms with Crippen LogP contribution in [0.1, 0.15) is 17.2 Å².